The third kappa shape index (κ3) is 1.93. The van der Waals surface area contributed by atoms with Crippen LogP contribution in [0.2, 0.25) is 0 Å². The van der Waals surface area contributed by atoms with Crippen molar-refractivity contribution in [3.63, 3.8) is 0 Å². The van der Waals surface area contributed by atoms with Gasteiger partial charge < -0.3 is 5.11 Å². The molecule has 0 amide bonds. The van der Waals surface area contributed by atoms with Gasteiger partial charge >= 0.3 is 0 Å². The van der Waals surface area contributed by atoms with Crippen molar-refractivity contribution in [2.45, 2.75) is 25.2 Å². The third-order valence-corrected chi connectivity index (χ3v) is 3.62. The maximum Gasteiger partial charge on any atom is 0.119 e. The average molecular weight is 223 g/mol. The number of phenols is 1. The van der Waals surface area contributed by atoms with Gasteiger partial charge in [0.2, 0.25) is 0 Å². The molecule has 1 N–H and O–H groups in total. The zero-order valence-electron chi connectivity index (χ0n) is 9.69. The molecular formula is C16H15O. The molecule has 0 saturated heterocycles. The first-order valence-electron chi connectivity index (χ1n) is 6.11. The predicted molar refractivity (Wildman–Crippen MR) is 68.2 cm³/mol. The van der Waals surface area contributed by atoms with Crippen LogP contribution in [0.15, 0.2) is 42.5 Å². The van der Waals surface area contributed by atoms with Crippen LogP contribution >= 0.6 is 0 Å². The zero-order valence-corrected chi connectivity index (χ0v) is 9.69. The van der Waals surface area contributed by atoms with Gasteiger partial charge in [-0.2, -0.15) is 0 Å². The van der Waals surface area contributed by atoms with Crippen LogP contribution < -0.4 is 0 Å². The Bertz CT molecular complexity index is 531. The van der Waals surface area contributed by atoms with Gasteiger partial charge in [0.15, 0.2) is 0 Å². The van der Waals surface area contributed by atoms with E-state index in [4.69, 9.17) is 0 Å². The SMILES string of the molecule is Oc1ccc[c]c1C1CCc2ccccc2C1. The van der Waals surface area contributed by atoms with Crippen molar-refractivity contribution in [1.82, 2.24) is 0 Å². The molecule has 3 rings (SSSR count). The van der Waals surface area contributed by atoms with Crippen LogP contribution in [0.3, 0.4) is 0 Å². The molecule has 85 valence electrons. The fraction of sp³-hybridized carbons (Fsp3) is 0.250. The third-order valence-electron chi connectivity index (χ3n) is 3.62. The van der Waals surface area contributed by atoms with Crippen molar-refractivity contribution in [2.24, 2.45) is 0 Å². The van der Waals surface area contributed by atoms with Gasteiger partial charge in [-0.1, -0.05) is 36.4 Å². The Morgan fingerprint density at radius 3 is 2.71 bits per heavy atom. The topological polar surface area (TPSA) is 20.2 Å². The van der Waals surface area contributed by atoms with E-state index in [1.165, 1.54) is 11.1 Å². The smallest absolute Gasteiger partial charge is 0.119 e. The summed E-state index contributed by atoms with van der Waals surface area (Å²) in [7, 11) is 0. The fourth-order valence-corrected chi connectivity index (χ4v) is 2.71. The number of fused-ring (bicyclic) bond motifs is 1. The lowest BCUT2D eigenvalue weighted by Gasteiger charge is -2.25. The summed E-state index contributed by atoms with van der Waals surface area (Å²) in [6.45, 7) is 0. The monoisotopic (exact) mass is 223 g/mol. The summed E-state index contributed by atoms with van der Waals surface area (Å²) in [6.07, 6.45) is 3.22. The van der Waals surface area contributed by atoms with E-state index >= 15 is 0 Å². The Kier molecular flexibility index (Phi) is 2.60. The molecule has 1 unspecified atom stereocenters. The molecule has 1 heteroatoms. The van der Waals surface area contributed by atoms with E-state index in [1.807, 2.05) is 12.1 Å². The highest BCUT2D eigenvalue weighted by Gasteiger charge is 2.21. The molecule has 1 atom stereocenters. The van der Waals surface area contributed by atoms with Gasteiger partial charge in [0.05, 0.1) is 0 Å². The maximum atomic E-state index is 9.88. The molecule has 2 aromatic rings. The van der Waals surface area contributed by atoms with Crippen molar-refractivity contribution in [2.75, 3.05) is 0 Å². The molecule has 0 heterocycles. The van der Waals surface area contributed by atoms with E-state index in [9.17, 15) is 5.11 Å². The van der Waals surface area contributed by atoms with Gasteiger partial charge in [0, 0.05) is 5.56 Å². The molecule has 2 aromatic carbocycles. The Hall–Kier alpha value is -1.76. The number of benzene rings is 2. The zero-order chi connectivity index (χ0) is 11.7. The number of hydrogen-bond acceptors (Lipinski definition) is 1. The molecule has 0 aromatic heterocycles. The van der Waals surface area contributed by atoms with Crippen molar-refractivity contribution >= 4 is 0 Å². The van der Waals surface area contributed by atoms with Crippen molar-refractivity contribution in [1.29, 1.82) is 0 Å². The van der Waals surface area contributed by atoms with Gasteiger partial charge in [0.1, 0.15) is 5.75 Å². The van der Waals surface area contributed by atoms with Gasteiger partial charge in [-0.15, -0.1) is 0 Å². The first kappa shape index (κ1) is 10.4. The summed E-state index contributed by atoms with van der Waals surface area (Å²) in [6, 6.07) is 17.3. The van der Waals surface area contributed by atoms with E-state index in [0.717, 1.165) is 24.8 Å². The molecule has 0 spiro atoms. The summed E-state index contributed by atoms with van der Waals surface area (Å²) < 4.78 is 0. The van der Waals surface area contributed by atoms with Crippen LogP contribution in [0.1, 0.15) is 29.0 Å². The van der Waals surface area contributed by atoms with Gasteiger partial charge in [-0.25, -0.2) is 0 Å². The average Bonchev–Trinajstić information content (AvgIpc) is 2.39. The largest absolute Gasteiger partial charge is 0.508 e. The van der Waals surface area contributed by atoms with Gasteiger partial charge in [0.25, 0.3) is 0 Å². The normalized spacial score (nSPS) is 18.7. The Labute approximate surface area is 102 Å². The highest BCUT2D eigenvalue weighted by Crippen LogP contribution is 2.35. The number of hydrogen-bond donors (Lipinski definition) is 1. The Morgan fingerprint density at radius 1 is 1.06 bits per heavy atom. The second-order valence-corrected chi connectivity index (χ2v) is 4.68. The molecule has 1 aliphatic carbocycles. The molecular weight excluding hydrogens is 208 g/mol. The van der Waals surface area contributed by atoms with Crippen LogP contribution in [-0.4, -0.2) is 5.11 Å². The molecule has 1 aliphatic rings. The standard InChI is InChI=1S/C16H15O/c17-16-8-4-3-7-15(16)14-10-9-12-5-1-2-6-13(12)11-14/h1-6,8,14,17H,9-11H2. The lowest BCUT2D eigenvalue weighted by atomic mass is 9.80. The Morgan fingerprint density at radius 2 is 1.88 bits per heavy atom. The summed E-state index contributed by atoms with van der Waals surface area (Å²) in [5, 5.41) is 9.88. The molecule has 0 saturated carbocycles. The number of rotatable bonds is 1. The van der Waals surface area contributed by atoms with Crippen LogP contribution in [0.25, 0.3) is 0 Å². The molecule has 0 fully saturated rings. The summed E-state index contributed by atoms with van der Waals surface area (Å²) in [5.41, 5.74) is 3.85. The summed E-state index contributed by atoms with van der Waals surface area (Å²) >= 11 is 0. The van der Waals surface area contributed by atoms with Crippen molar-refractivity contribution < 1.29 is 5.11 Å². The molecule has 1 radical (unpaired) electrons. The van der Waals surface area contributed by atoms with E-state index in [1.54, 1.807) is 6.07 Å². The van der Waals surface area contributed by atoms with Crippen LogP contribution in [0.5, 0.6) is 5.75 Å². The first-order chi connectivity index (χ1) is 8.34. The highest BCUT2D eigenvalue weighted by atomic mass is 16.3. The summed E-state index contributed by atoms with van der Waals surface area (Å²) in [4.78, 5) is 0. The maximum absolute atomic E-state index is 9.88. The summed E-state index contributed by atoms with van der Waals surface area (Å²) in [5.74, 6) is 0.794. The van der Waals surface area contributed by atoms with Gasteiger partial charge in [-0.05, 0) is 48.4 Å². The molecule has 0 aliphatic heterocycles. The molecule has 0 bridgehead atoms. The second-order valence-electron chi connectivity index (χ2n) is 4.68. The lowest BCUT2D eigenvalue weighted by Crippen LogP contribution is -2.12. The lowest BCUT2D eigenvalue weighted by molar-refractivity contribution is 0.453. The van der Waals surface area contributed by atoms with E-state index in [2.05, 4.69) is 30.3 Å². The minimum Gasteiger partial charge on any atom is -0.508 e. The van der Waals surface area contributed by atoms with Crippen LogP contribution in [0, 0.1) is 6.07 Å². The highest BCUT2D eigenvalue weighted by molar-refractivity contribution is 5.38. The van der Waals surface area contributed by atoms with Crippen LogP contribution in [0.4, 0.5) is 0 Å². The van der Waals surface area contributed by atoms with E-state index in [0.29, 0.717) is 11.7 Å². The number of aryl methyl sites for hydroxylation is 1. The number of phenolic OH excluding ortho intramolecular Hbond substituents is 1. The predicted octanol–water partition coefficient (Wildman–Crippen LogP) is 3.46. The minimum absolute atomic E-state index is 0.386. The van der Waals surface area contributed by atoms with E-state index in [-0.39, 0.29) is 0 Å². The van der Waals surface area contributed by atoms with Gasteiger partial charge in [-0.3, -0.25) is 0 Å². The first-order valence-corrected chi connectivity index (χ1v) is 6.11. The molecule has 1 nitrogen and oxygen atoms in total. The quantitative estimate of drug-likeness (QED) is 0.785. The van der Waals surface area contributed by atoms with Crippen LogP contribution in [-0.2, 0) is 12.8 Å². The number of aromatic hydroxyl groups is 1. The Balaban J connectivity index is 1.92. The second kappa shape index (κ2) is 4.25. The fourth-order valence-electron chi connectivity index (χ4n) is 2.71. The molecule has 17 heavy (non-hydrogen) atoms. The van der Waals surface area contributed by atoms with Crippen molar-refractivity contribution in [3.8, 4) is 5.75 Å². The minimum atomic E-state index is 0.386. The van der Waals surface area contributed by atoms with Crippen molar-refractivity contribution in [3.05, 3.63) is 65.2 Å². The van der Waals surface area contributed by atoms with E-state index < -0.39 is 0 Å².